The Balaban J connectivity index is 1.67. The summed E-state index contributed by atoms with van der Waals surface area (Å²) in [4.78, 5) is 0. The molecule has 0 aromatic carbocycles. The molecule has 25 heavy (non-hydrogen) atoms. The molecule has 2 saturated heterocycles. The van der Waals surface area contributed by atoms with Crippen LogP contribution in [0.15, 0.2) is 21.5 Å². The quantitative estimate of drug-likeness (QED) is 0.739. The molecule has 0 aliphatic carbocycles. The van der Waals surface area contributed by atoms with E-state index in [0.717, 1.165) is 29.6 Å². The Labute approximate surface area is 159 Å². The maximum Gasteiger partial charge on any atom is 0.117 e. The van der Waals surface area contributed by atoms with Crippen LogP contribution < -0.4 is 0 Å². The fraction of sp³-hybridized carbons (Fsp3) is 0.619. The van der Waals surface area contributed by atoms with Crippen LogP contribution in [-0.4, -0.2) is 35.8 Å². The second-order valence-corrected chi connectivity index (χ2v) is 10.3. The lowest BCUT2D eigenvalue weighted by Crippen LogP contribution is -2.55. The molecule has 4 rings (SSSR count). The van der Waals surface area contributed by atoms with Crippen LogP contribution in [0.25, 0.3) is 0 Å². The summed E-state index contributed by atoms with van der Waals surface area (Å²) in [6.07, 6.45) is 6.12. The third-order valence-electron chi connectivity index (χ3n) is 7.11. The zero-order valence-corrected chi connectivity index (χ0v) is 17.4. The van der Waals surface area contributed by atoms with Crippen LogP contribution in [0.3, 0.4) is 0 Å². The number of thiophene rings is 2. The fourth-order valence-corrected chi connectivity index (χ4v) is 7.34. The van der Waals surface area contributed by atoms with E-state index in [1.54, 1.807) is 22.7 Å². The zero-order valence-electron chi connectivity index (χ0n) is 15.8. The predicted molar refractivity (Wildman–Crippen MR) is 107 cm³/mol. The Morgan fingerprint density at radius 2 is 1.44 bits per heavy atom. The van der Waals surface area contributed by atoms with E-state index in [1.165, 1.54) is 41.3 Å². The van der Waals surface area contributed by atoms with Gasteiger partial charge in [0.15, 0.2) is 0 Å². The van der Waals surface area contributed by atoms with Gasteiger partial charge >= 0.3 is 0 Å². The summed E-state index contributed by atoms with van der Waals surface area (Å²) in [5, 5.41) is 20.7. The van der Waals surface area contributed by atoms with Gasteiger partial charge in [-0.25, -0.2) is 0 Å². The molecule has 136 valence electrons. The van der Waals surface area contributed by atoms with Crippen molar-refractivity contribution in [2.75, 3.05) is 14.1 Å². The van der Waals surface area contributed by atoms with E-state index in [2.05, 4.69) is 49.5 Å². The van der Waals surface area contributed by atoms with Crippen molar-refractivity contribution in [3.8, 4) is 0 Å². The molecule has 2 aliphatic heterocycles. The summed E-state index contributed by atoms with van der Waals surface area (Å²) in [6.45, 7) is 4.28. The van der Waals surface area contributed by atoms with E-state index in [1.807, 2.05) is 0 Å². The van der Waals surface area contributed by atoms with E-state index in [4.69, 9.17) is 0 Å². The van der Waals surface area contributed by atoms with Crippen molar-refractivity contribution in [2.24, 2.45) is 5.92 Å². The average Bonchev–Trinajstić information content (AvgIpc) is 3.18. The molecular weight excluding hydrogens is 346 g/mol. The van der Waals surface area contributed by atoms with Crippen molar-refractivity contribution < 1.29 is 9.59 Å². The first-order valence-electron chi connectivity index (χ1n) is 9.44. The van der Waals surface area contributed by atoms with E-state index >= 15 is 0 Å². The smallest absolute Gasteiger partial charge is 0.117 e. The van der Waals surface area contributed by atoms with Gasteiger partial charge in [-0.3, -0.25) is 0 Å². The van der Waals surface area contributed by atoms with Crippen LogP contribution in [-0.2, 0) is 5.60 Å². The van der Waals surface area contributed by atoms with Crippen LogP contribution in [0.2, 0.25) is 0 Å². The third-order valence-corrected chi connectivity index (χ3v) is 8.84. The normalized spacial score (nSPS) is 28.4. The minimum atomic E-state index is -0.827. The number of hydrogen-bond donors (Lipinski definition) is 1. The molecule has 2 aromatic rings. The zero-order chi connectivity index (χ0) is 17.8. The number of quaternary nitrogens is 1. The van der Waals surface area contributed by atoms with Gasteiger partial charge in [-0.15, -0.1) is 0 Å². The highest BCUT2D eigenvalue weighted by molar-refractivity contribution is 7.08. The summed E-state index contributed by atoms with van der Waals surface area (Å²) in [5.41, 5.74) is 3.89. The Morgan fingerprint density at radius 3 is 1.84 bits per heavy atom. The van der Waals surface area contributed by atoms with Gasteiger partial charge in [0.1, 0.15) is 5.60 Å². The lowest BCUT2D eigenvalue weighted by molar-refractivity contribution is -0.931. The SMILES string of the molecule is Cc1cscc1C(O)(CC1C[C@H]2CC[C@@H](C1)[N+]2(C)C)c1cscc1C. The summed E-state index contributed by atoms with van der Waals surface area (Å²) in [6, 6.07) is 1.56. The molecule has 4 heterocycles. The maximum atomic E-state index is 12.0. The van der Waals surface area contributed by atoms with E-state index in [0.29, 0.717) is 5.92 Å². The Hall–Kier alpha value is -0.680. The standard InChI is InChI=1S/C21H30NOS2/c1-14-10-24-12-19(14)21(23,20-13-25-11-15(20)2)9-16-7-17-5-6-18(8-16)22(17,3)4/h10-13,16-18,23H,5-9H2,1-4H3/q+1/t16?,17-,18+. The topological polar surface area (TPSA) is 20.2 Å². The number of piperidine rings is 1. The number of rotatable bonds is 4. The van der Waals surface area contributed by atoms with Crippen molar-refractivity contribution in [1.82, 2.24) is 0 Å². The van der Waals surface area contributed by atoms with E-state index in [9.17, 15) is 5.11 Å². The van der Waals surface area contributed by atoms with Crippen molar-refractivity contribution in [1.29, 1.82) is 0 Å². The second kappa shape index (κ2) is 6.19. The lowest BCUT2D eigenvalue weighted by atomic mass is 9.74. The number of aryl methyl sites for hydroxylation is 2. The number of hydrogen-bond acceptors (Lipinski definition) is 3. The number of fused-ring (bicyclic) bond motifs is 2. The molecule has 0 spiro atoms. The third kappa shape index (κ3) is 2.82. The van der Waals surface area contributed by atoms with Crippen molar-refractivity contribution in [3.05, 3.63) is 43.8 Å². The Morgan fingerprint density at radius 1 is 0.960 bits per heavy atom. The van der Waals surface area contributed by atoms with Crippen molar-refractivity contribution in [2.45, 2.75) is 63.6 Å². The molecular formula is C21H30NOS2+. The van der Waals surface area contributed by atoms with E-state index in [-0.39, 0.29) is 0 Å². The van der Waals surface area contributed by atoms with Crippen molar-refractivity contribution >= 4 is 22.7 Å². The Kier molecular flexibility index (Phi) is 4.39. The lowest BCUT2D eigenvalue weighted by Gasteiger charge is -2.46. The molecule has 1 N–H and O–H groups in total. The molecule has 4 heteroatoms. The van der Waals surface area contributed by atoms with Crippen LogP contribution in [0.5, 0.6) is 0 Å². The molecule has 3 atom stereocenters. The van der Waals surface area contributed by atoms with Crippen molar-refractivity contribution in [3.63, 3.8) is 0 Å². The molecule has 2 bridgehead atoms. The summed E-state index contributed by atoms with van der Waals surface area (Å²) < 4.78 is 1.20. The highest BCUT2D eigenvalue weighted by Crippen LogP contribution is 2.48. The van der Waals surface area contributed by atoms with Gasteiger partial charge in [0, 0.05) is 36.8 Å². The van der Waals surface area contributed by atoms with Gasteiger partial charge in [-0.05, 0) is 58.8 Å². The van der Waals surface area contributed by atoms with Gasteiger partial charge in [0.25, 0.3) is 0 Å². The first-order valence-corrected chi connectivity index (χ1v) is 11.3. The van der Waals surface area contributed by atoms with Crippen LogP contribution in [0.1, 0.15) is 54.4 Å². The molecule has 1 unspecified atom stereocenters. The second-order valence-electron chi connectivity index (χ2n) is 8.85. The fourth-order valence-electron chi connectivity index (χ4n) is 5.51. The first-order chi connectivity index (χ1) is 11.8. The van der Waals surface area contributed by atoms with Gasteiger partial charge < -0.3 is 9.59 Å². The highest BCUT2D eigenvalue weighted by atomic mass is 32.1. The molecule has 2 aromatic heterocycles. The summed E-state index contributed by atoms with van der Waals surface area (Å²) >= 11 is 3.42. The molecule has 0 radical (unpaired) electrons. The monoisotopic (exact) mass is 376 g/mol. The van der Waals surface area contributed by atoms with Crippen LogP contribution >= 0.6 is 22.7 Å². The van der Waals surface area contributed by atoms with E-state index < -0.39 is 5.60 Å². The maximum absolute atomic E-state index is 12.0. The Bertz CT molecular complexity index is 703. The van der Waals surface area contributed by atoms with Gasteiger partial charge in [0.2, 0.25) is 0 Å². The molecule has 2 nitrogen and oxygen atoms in total. The molecule has 0 amide bonds. The first kappa shape index (κ1) is 17.7. The number of aliphatic hydroxyl groups is 1. The highest BCUT2D eigenvalue weighted by Gasteiger charge is 2.50. The van der Waals surface area contributed by atoms with Crippen LogP contribution in [0, 0.1) is 19.8 Å². The predicted octanol–water partition coefficient (Wildman–Crippen LogP) is 5.07. The van der Waals surface area contributed by atoms with Gasteiger partial charge in [-0.1, -0.05) is 0 Å². The summed E-state index contributed by atoms with van der Waals surface area (Å²) in [5.74, 6) is 0.618. The molecule has 2 aliphatic rings. The molecule has 0 saturated carbocycles. The van der Waals surface area contributed by atoms with Gasteiger partial charge in [-0.2, -0.15) is 22.7 Å². The largest absolute Gasteiger partial charge is 0.380 e. The average molecular weight is 377 g/mol. The minimum Gasteiger partial charge on any atom is -0.380 e. The number of nitrogens with zero attached hydrogens (tertiary/aromatic N) is 1. The summed E-state index contributed by atoms with van der Waals surface area (Å²) in [7, 11) is 4.83. The van der Waals surface area contributed by atoms with Gasteiger partial charge in [0.05, 0.1) is 26.2 Å². The molecule has 2 fully saturated rings. The minimum absolute atomic E-state index is 0.618. The van der Waals surface area contributed by atoms with Crippen LogP contribution in [0.4, 0.5) is 0 Å².